The van der Waals surface area contributed by atoms with Gasteiger partial charge in [-0.15, -0.1) is 11.8 Å². The van der Waals surface area contributed by atoms with Crippen LogP contribution in [0.1, 0.15) is 11.1 Å². The Morgan fingerprint density at radius 2 is 2.12 bits per heavy atom. The molecule has 0 aliphatic rings. The molecular weight excluding hydrogens is 296 g/mol. The normalized spacial score (nSPS) is 10.5. The van der Waals surface area contributed by atoms with Gasteiger partial charge in [-0.2, -0.15) is 0 Å². The fraction of sp³-hybridized carbons (Fsp3) is 0.154. The van der Waals surface area contributed by atoms with Crippen LogP contribution in [-0.2, 0) is 5.75 Å². The molecular formula is C13H13BrN2S. The average molecular weight is 309 g/mol. The zero-order valence-electron chi connectivity index (χ0n) is 9.48. The van der Waals surface area contributed by atoms with Crippen molar-refractivity contribution in [1.82, 2.24) is 4.98 Å². The zero-order valence-corrected chi connectivity index (χ0v) is 11.9. The molecule has 0 radical (unpaired) electrons. The number of anilines is 1. The second-order valence-corrected chi connectivity index (χ2v) is 5.77. The Morgan fingerprint density at radius 3 is 2.88 bits per heavy atom. The number of thioether (sulfide) groups is 1. The van der Waals surface area contributed by atoms with Crippen molar-refractivity contribution in [2.24, 2.45) is 0 Å². The van der Waals surface area contributed by atoms with Gasteiger partial charge in [0.1, 0.15) is 0 Å². The zero-order chi connectivity index (χ0) is 12.3. The lowest BCUT2D eigenvalue weighted by molar-refractivity contribution is 1.20. The average Bonchev–Trinajstić information content (AvgIpc) is 2.30. The highest BCUT2D eigenvalue weighted by atomic mass is 79.9. The predicted octanol–water partition coefficient (Wildman–Crippen LogP) is 4.03. The highest BCUT2D eigenvalue weighted by Crippen LogP contribution is 2.30. The molecule has 17 heavy (non-hydrogen) atoms. The first-order chi connectivity index (χ1) is 8.15. The minimum atomic E-state index is 0.818. The third-order valence-electron chi connectivity index (χ3n) is 2.30. The van der Waals surface area contributed by atoms with Gasteiger partial charge in [0.25, 0.3) is 0 Å². The molecule has 2 aromatic rings. The second kappa shape index (κ2) is 5.56. The molecule has 2 nitrogen and oxygen atoms in total. The van der Waals surface area contributed by atoms with Crippen LogP contribution in [0.25, 0.3) is 0 Å². The fourth-order valence-corrected chi connectivity index (χ4v) is 2.93. The lowest BCUT2D eigenvalue weighted by Crippen LogP contribution is -1.90. The largest absolute Gasteiger partial charge is 0.398 e. The van der Waals surface area contributed by atoms with E-state index in [4.69, 9.17) is 5.73 Å². The summed E-state index contributed by atoms with van der Waals surface area (Å²) in [7, 11) is 0. The topological polar surface area (TPSA) is 38.9 Å². The summed E-state index contributed by atoms with van der Waals surface area (Å²) in [6.07, 6.45) is 3.76. The molecule has 0 spiro atoms. The SMILES string of the molecule is Cc1cncc(CSc2cc(Br)ccc2N)c1. The molecule has 0 bridgehead atoms. The van der Waals surface area contributed by atoms with Crippen LogP contribution in [0.4, 0.5) is 5.69 Å². The van der Waals surface area contributed by atoms with Crippen molar-refractivity contribution in [3.63, 3.8) is 0 Å². The van der Waals surface area contributed by atoms with E-state index in [0.717, 1.165) is 20.8 Å². The lowest BCUT2D eigenvalue weighted by Gasteiger charge is -2.06. The molecule has 1 heterocycles. The molecule has 0 amide bonds. The summed E-state index contributed by atoms with van der Waals surface area (Å²) >= 11 is 5.18. The summed E-state index contributed by atoms with van der Waals surface area (Å²) in [4.78, 5) is 5.28. The monoisotopic (exact) mass is 308 g/mol. The molecule has 0 aliphatic heterocycles. The van der Waals surface area contributed by atoms with E-state index in [1.807, 2.05) is 30.6 Å². The van der Waals surface area contributed by atoms with Crippen LogP contribution in [0, 0.1) is 6.92 Å². The summed E-state index contributed by atoms with van der Waals surface area (Å²) in [5.41, 5.74) is 9.15. The van der Waals surface area contributed by atoms with Crippen LogP contribution in [0.3, 0.4) is 0 Å². The Labute approximate surface area is 114 Å². The second-order valence-electron chi connectivity index (χ2n) is 3.84. The number of aromatic nitrogens is 1. The van der Waals surface area contributed by atoms with E-state index in [1.165, 1.54) is 11.1 Å². The summed E-state index contributed by atoms with van der Waals surface area (Å²) in [5, 5.41) is 0. The minimum absolute atomic E-state index is 0.818. The third kappa shape index (κ3) is 3.48. The number of nitrogens with zero attached hydrogens (tertiary/aromatic N) is 1. The van der Waals surface area contributed by atoms with E-state index in [9.17, 15) is 0 Å². The van der Waals surface area contributed by atoms with Crippen LogP contribution in [-0.4, -0.2) is 4.98 Å². The van der Waals surface area contributed by atoms with Crippen molar-refractivity contribution in [2.45, 2.75) is 17.6 Å². The number of hydrogen-bond acceptors (Lipinski definition) is 3. The summed E-state index contributed by atoms with van der Waals surface area (Å²) in [6, 6.07) is 8.06. The highest BCUT2D eigenvalue weighted by Gasteiger charge is 2.02. The first kappa shape index (κ1) is 12.5. The van der Waals surface area contributed by atoms with Crippen molar-refractivity contribution in [1.29, 1.82) is 0 Å². The third-order valence-corrected chi connectivity index (χ3v) is 3.94. The molecule has 0 unspecified atom stereocenters. The number of benzene rings is 1. The van der Waals surface area contributed by atoms with Gasteiger partial charge in [0.2, 0.25) is 0 Å². The lowest BCUT2D eigenvalue weighted by atomic mass is 10.2. The van der Waals surface area contributed by atoms with Crippen LogP contribution >= 0.6 is 27.7 Å². The molecule has 0 atom stereocenters. The summed E-state index contributed by atoms with van der Waals surface area (Å²) in [6.45, 7) is 2.05. The molecule has 88 valence electrons. The molecule has 1 aromatic carbocycles. The van der Waals surface area contributed by atoms with Gasteiger partial charge < -0.3 is 5.73 Å². The molecule has 0 aliphatic carbocycles. The van der Waals surface area contributed by atoms with E-state index in [2.05, 4.69) is 33.9 Å². The maximum Gasteiger partial charge on any atom is 0.0453 e. The molecule has 4 heteroatoms. The molecule has 0 fully saturated rings. The summed E-state index contributed by atoms with van der Waals surface area (Å²) in [5.74, 6) is 0.884. The van der Waals surface area contributed by atoms with Gasteiger partial charge in [0.05, 0.1) is 0 Å². The molecule has 2 N–H and O–H groups in total. The maximum absolute atomic E-state index is 5.93. The van der Waals surface area contributed by atoms with Crippen LogP contribution in [0.2, 0.25) is 0 Å². The Hall–Kier alpha value is -1.00. The first-order valence-corrected chi connectivity index (χ1v) is 7.01. The molecule has 0 saturated carbocycles. The number of hydrogen-bond donors (Lipinski definition) is 1. The first-order valence-electron chi connectivity index (χ1n) is 5.23. The van der Waals surface area contributed by atoms with Gasteiger partial charge in [-0.25, -0.2) is 0 Å². The Morgan fingerprint density at radius 1 is 1.29 bits per heavy atom. The van der Waals surface area contributed by atoms with Gasteiger partial charge in [-0.1, -0.05) is 22.0 Å². The van der Waals surface area contributed by atoms with E-state index < -0.39 is 0 Å². The van der Waals surface area contributed by atoms with E-state index in [1.54, 1.807) is 11.8 Å². The molecule has 0 saturated heterocycles. The van der Waals surface area contributed by atoms with E-state index >= 15 is 0 Å². The van der Waals surface area contributed by atoms with Crippen molar-refractivity contribution in [3.8, 4) is 0 Å². The van der Waals surface area contributed by atoms with E-state index in [-0.39, 0.29) is 0 Å². The Balaban J connectivity index is 2.09. The van der Waals surface area contributed by atoms with Gasteiger partial charge >= 0.3 is 0 Å². The van der Waals surface area contributed by atoms with Gasteiger partial charge in [-0.05, 0) is 36.2 Å². The Bertz CT molecular complexity index is 529. The number of rotatable bonds is 3. The van der Waals surface area contributed by atoms with Gasteiger partial charge in [-0.3, -0.25) is 4.98 Å². The number of nitrogens with two attached hydrogens (primary N) is 1. The fourth-order valence-electron chi connectivity index (χ4n) is 1.49. The quantitative estimate of drug-likeness (QED) is 0.687. The number of halogens is 1. The maximum atomic E-state index is 5.93. The van der Waals surface area contributed by atoms with Gasteiger partial charge in [0.15, 0.2) is 0 Å². The number of nitrogen functional groups attached to an aromatic ring is 1. The number of pyridine rings is 1. The summed E-state index contributed by atoms with van der Waals surface area (Å²) < 4.78 is 1.05. The van der Waals surface area contributed by atoms with Crippen molar-refractivity contribution >= 4 is 33.4 Å². The Kier molecular flexibility index (Phi) is 4.07. The van der Waals surface area contributed by atoms with Crippen LogP contribution < -0.4 is 5.73 Å². The molecule has 2 rings (SSSR count). The predicted molar refractivity (Wildman–Crippen MR) is 77.1 cm³/mol. The molecule has 1 aromatic heterocycles. The number of aryl methyl sites for hydroxylation is 1. The van der Waals surface area contributed by atoms with Gasteiger partial charge in [0, 0.05) is 33.2 Å². The van der Waals surface area contributed by atoms with Crippen molar-refractivity contribution in [2.75, 3.05) is 5.73 Å². The van der Waals surface area contributed by atoms with Crippen LogP contribution in [0.15, 0.2) is 46.0 Å². The van der Waals surface area contributed by atoms with Crippen molar-refractivity contribution in [3.05, 3.63) is 52.3 Å². The van der Waals surface area contributed by atoms with E-state index in [0.29, 0.717) is 0 Å². The minimum Gasteiger partial charge on any atom is -0.398 e. The highest BCUT2D eigenvalue weighted by molar-refractivity contribution is 9.10. The standard InChI is InChI=1S/C13H13BrN2S/c1-9-4-10(7-16-6-9)8-17-13-5-11(14)2-3-12(13)15/h2-7H,8,15H2,1H3. The van der Waals surface area contributed by atoms with Crippen LogP contribution in [0.5, 0.6) is 0 Å². The van der Waals surface area contributed by atoms with Crippen molar-refractivity contribution < 1.29 is 0 Å². The smallest absolute Gasteiger partial charge is 0.0453 e.